The predicted octanol–water partition coefficient (Wildman–Crippen LogP) is 3.51. The summed E-state index contributed by atoms with van der Waals surface area (Å²) < 4.78 is 6.15. The zero-order valence-electron chi connectivity index (χ0n) is 18.5. The van der Waals surface area contributed by atoms with Crippen LogP contribution in [0.3, 0.4) is 0 Å². The number of amides is 1. The van der Waals surface area contributed by atoms with Crippen molar-refractivity contribution in [3.63, 3.8) is 0 Å². The maximum absolute atomic E-state index is 12.1. The molecule has 1 aliphatic carbocycles. The smallest absolute Gasteiger partial charge is 0.240 e. The van der Waals surface area contributed by atoms with Crippen molar-refractivity contribution < 1.29 is 9.53 Å². The Labute approximate surface area is 192 Å². The number of fused-ring (bicyclic) bond motifs is 1. The first-order valence-electron chi connectivity index (χ1n) is 10.2. The maximum atomic E-state index is 12.1. The van der Waals surface area contributed by atoms with E-state index >= 15 is 0 Å². The second-order valence-electron chi connectivity index (χ2n) is 8.43. The largest absolute Gasteiger partial charge is 0.373 e. The van der Waals surface area contributed by atoms with E-state index in [1.807, 2.05) is 32.7 Å². The van der Waals surface area contributed by atoms with Crippen molar-refractivity contribution in [3.8, 4) is 0 Å². The Kier molecular flexibility index (Phi) is 11.0. The topological polar surface area (TPSA) is 66.0 Å². The van der Waals surface area contributed by atoms with Crippen molar-refractivity contribution >= 4 is 35.8 Å². The fourth-order valence-electron chi connectivity index (χ4n) is 3.51. The molecule has 2 N–H and O–H groups in total. The summed E-state index contributed by atoms with van der Waals surface area (Å²) >= 11 is 0. The third-order valence-electron chi connectivity index (χ3n) is 4.71. The fourth-order valence-corrected chi connectivity index (χ4v) is 3.51. The molecule has 0 saturated heterocycles. The summed E-state index contributed by atoms with van der Waals surface area (Å²) in [7, 11) is 3.60. The summed E-state index contributed by atoms with van der Waals surface area (Å²) in [5.41, 5.74) is 2.54. The normalized spacial score (nSPS) is 16.4. The van der Waals surface area contributed by atoms with Crippen LogP contribution in [-0.2, 0) is 16.0 Å². The van der Waals surface area contributed by atoms with Crippen LogP contribution in [0.15, 0.2) is 29.3 Å². The van der Waals surface area contributed by atoms with Gasteiger partial charge in [-0.1, -0.05) is 24.3 Å². The Hall–Kier alpha value is -1.35. The van der Waals surface area contributed by atoms with Gasteiger partial charge in [0, 0.05) is 32.8 Å². The second kappa shape index (κ2) is 12.4. The minimum Gasteiger partial charge on any atom is -0.373 e. The molecule has 0 aromatic heterocycles. The van der Waals surface area contributed by atoms with Gasteiger partial charge in [0.1, 0.15) is 0 Å². The molecule has 1 unspecified atom stereocenters. The monoisotopic (exact) mass is 516 g/mol. The molecule has 6 nitrogen and oxygen atoms in total. The zero-order chi connectivity index (χ0) is 20.6. The molecule has 0 aliphatic heterocycles. The van der Waals surface area contributed by atoms with Crippen LogP contribution in [0.25, 0.3) is 0 Å². The van der Waals surface area contributed by atoms with Crippen molar-refractivity contribution in [2.75, 3.05) is 33.8 Å². The van der Waals surface area contributed by atoms with Crippen molar-refractivity contribution in [1.29, 1.82) is 0 Å². The maximum Gasteiger partial charge on any atom is 0.240 e. The summed E-state index contributed by atoms with van der Waals surface area (Å²) in [5, 5.41) is 6.28. The number of nitrogens with zero attached hydrogens (tertiary/aromatic N) is 2. The van der Waals surface area contributed by atoms with E-state index in [9.17, 15) is 4.79 Å². The molecule has 0 spiro atoms. The number of likely N-dealkylation sites (N-methyl/N-ethyl adjacent to an activating group) is 1. The highest BCUT2D eigenvalue weighted by Gasteiger charge is 2.20. The van der Waals surface area contributed by atoms with Gasteiger partial charge in [0.2, 0.25) is 5.91 Å². The molecule has 1 amide bonds. The molecule has 0 fully saturated rings. The van der Waals surface area contributed by atoms with Crippen LogP contribution in [-0.4, -0.2) is 56.1 Å². The quantitative estimate of drug-likeness (QED) is 0.252. The van der Waals surface area contributed by atoms with Gasteiger partial charge in [-0.15, -0.1) is 24.0 Å². The summed E-state index contributed by atoms with van der Waals surface area (Å²) in [6.07, 6.45) is 4.54. The Bertz CT molecular complexity index is 673. The van der Waals surface area contributed by atoms with Gasteiger partial charge in [-0.2, -0.15) is 0 Å². The molecular formula is C22H37IN4O2. The molecule has 1 aromatic rings. The van der Waals surface area contributed by atoms with Crippen molar-refractivity contribution in [1.82, 2.24) is 15.5 Å². The van der Waals surface area contributed by atoms with Crippen LogP contribution in [0.2, 0.25) is 0 Å². The number of guanidine groups is 1. The molecule has 0 heterocycles. The second-order valence-corrected chi connectivity index (χ2v) is 8.43. The molecule has 1 aliphatic rings. The number of carbonyl (C=O) groups is 1. The van der Waals surface area contributed by atoms with E-state index in [1.165, 1.54) is 17.5 Å². The minimum absolute atomic E-state index is 0. The number of carbonyl (C=O) groups excluding carboxylic acids is 1. The van der Waals surface area contributed by atoms with Gasteiger partial charge < -0.3 is 20.3 Å². The molecule has 0 bridgehead atoms. The lowest BCUT2D eigenvalue weighted by atomic mass is 9.89. The number of benzene rings is 1. The van der Waals surface area contributed by atoms with Gasteiger partial charge in [0.25, 0.3) is 0 Å². The highest BCUT2D eigenvalue weighted by Crippen LogP contribution is 2.32. The Morgan fingerprint density at radius 3 is 2.72 bits per heavy atom. The van der Waals surface area contributed by atoms with E-state index in [1.54, 1.807) is 7.05 Å². The summed E-state index contributed by atoms with van der Waals surface area (Å²) in [6, 6.07) is 8.60. The molecule has 1 aromatic carbocycles. The first-order valence-corrected chi connectivity index (χ1v) is 10.2. The molecule has 0 saturated carbocycles. The van der Waals surface area contributed by atoms with E-state index in [-0.39, 0.29) is 48.1 Å². The highest BCUT2D eigenvalue weighted by atomic mass is 127. The van der Waals surface area contributed by atoms with E-state index in [2.05, 4.69) is 39.9 Å². The average Bonchev–Trinajstić information content (AvgIpc) is 2.63. The summed E-state index contributed by atoms with van der Waals surface area (Å²) in [4.78, 5) is 18.2. The van der Waals surface area contributed by atoms with E-state index in [0.29, 0.717) is 12.6 Å². The van der Waals surface area contributed by atoms with E-state index < -0.39 is 0 Å². The first-order chi connectivity index (χ1) is 13.3. The van der Waals surface area contributed by atoms with Gasteiger partial charge >= 0.3 is 0 Å². The fraction of sp³-hybridized carbons (Fsp3) is 0.636. The Morgan fingerprint density at radius 2 is 2.03 bits per heavy atom. The van der Waals surface area contributed by atoms with E-state index in [4.69, 9.17) is 4.74 Å². The third kappa shape index (κ3) is 8.90. The number of aliphatic imine (C=N–C) groups is 1. The van der Waals surface area contributed by atoms with Crippen LogP contribution in [0.4, 0.5) is 0 Å². The van der Waals surface area contributed by atoms with Gasteiger partial charge in [-0.3, -0.25) is 9.79 Å². The lowest BCUT2D eigenvalue weighted by Crippen LogP contribution is -2.48. The molecule has 2 rings (SSSR count). The van der Waals surface area contributed by atoms with E-state index in [0.717, 1.165) is 25.8 Å². The Balaban J connectivity index is 0.00000420. The zero-order valence-corrected chi connectivity index (χ0v) is 20.8. The van der Waals surface area contributed by atoms with Gasteiger partial charge in [0.15, 0.2) is 5.96 Å². The Morgan fingerprint density at radius 1 is 1.31 bits per heavy atom. The standard InChI is InChI=1S/C22H36N4O2.HI/c1-22(2,3)25-20(27)16-26(5)21(23-4)24-14-9-15-28-19-13-8-11-17-10-6-7-12-18(17)19;/h6-7,10,12,19H,8-9,11,13-16H2,1-5H3,(H,23,24)(H,25,27);1H. The number of halogens is 1. The van der Waals surface area contributed by atoms with Crippen LogP contribution in [0, 0.1) is 0 Å². The number of hydrogen-bond acceptors (Lipinski definition) is 3. The highest BCUT2D eigenvalue weighted by molar-refractivity contribution is 14.0. The lowest BCUT2D eigenvalue weighted by molar-refractivity contribution is -0.122. The number of ether oxygens (including phenoxy) is 1. The molecule has 164 valence electrons. The first kappa shape index (κ1) is 25.7. The lowest BCUT2D eigenvalue weighted by Gasteiger charge is -2.26. The van der Waals surface area contributed by atoms with Crippen LogP contribution < -0.4 is 10.6 Å². The molecular weight excluding hydrogens is 479 g/mol. The molecule has 1 atom stereocenters. The predicted molar refractivity (Wildman–Crippen MR) is 130 cm³/mol. The van der Waals surface area contributed by atoms with Crippen molar-refractivity contribution in [3.05, 3.63) is 35.4 Å². The van der Waals surface area contributed by atoms with Crippen molar-refractivity contribution in [2.24, 2.45) is 4.99 Å². The van der Waals surface area contributed by atoms with Gasteiger partial charge in [-0.25, -0.2) is 0 Å². The SMILES string of the molecule is CN=C(NCCCOC1CCCc2ccccc21)N(C)CC(=O)NC(C)(C)C.I. The number of nitrogens with one attached hydrogen (secondary N) is 2. The number of hydrogen-bond donors (Lipinski definition) is 2. The molecule has 29 heavy (non-hydrogen) atoms. The van der Waals surface area contributed by atoms with Crippen LogP contribution in [0.5, 0.6) is 0 Å². The van der Waals surface area contributed by atoms with Crippen molar-refractivity contribution in [2.45, 2.75) is 58.1 Å². The summed E-state index contributed by atoms with van der Waals surface area (Å²) in [5.74, 6) is 0.698. The number of rotatable bonds is 7. The van der Waals surface area contributed by atoms with Crippen LogP contribution >= 0.6 is 24.0 Å². The summed E-state index contributed by atoms with van der Waals surface area (Å²) in [6.45, 7) is 7.66. The van der Waals surface area contributed by atoms with Gasteiger partial charge in [-0.05, 0) is 57.6 Å². The molecule has 0 radical (unpaired) electrons. The minimum atomic E-state index is -0.232. The van der Waals surface area contributed by atoms with Crippen LogP contribution in [0.1, 0.15) is 57.3 Å². The average molecular weight is 516 g/mol. The molecule has 7 heteroatoms. The number of aryl methyl sites for hydroxylation is 1. The third-order valence-corrected chi connectivity index (χ3v) is 4.71. The van der Waals surface area contributed by atoms with Gasteiger partial charge in [0.05, 0.1) is 12.6 Å².